The van der Waals surface area contributed by atoms with Crippen molar-refractivity contribution in [1.29, 1.82) is 0 Å². The molecule has 7 aromatic rings. The number of para-hydroxylation sites is 2. The topological polar surface area (TPSA) is 35.5 Å². The van der Waals surface area contributed by atoms with E-state index in [1.54, 1.807) is 85.5 Å². The van der Waals surface area contributed by atoms with E-state index in [0.29, 0.717) is 22.7 Å². The van der Waals surface area contributed by atoms with Crippen LogP contribution in [0.2, 0.25) is 0 Å². The number of hydrogen-bond acceptors (Lipinski definition) is 5. The second-order valence-corrected chi connectivity index (χ2v) is 11.9. The van der Waals surface area contributed by atoms with Gasteiger partial charge in [-0.05, 0) is 115 Å². The van der Waals surface area contributed by atoms with E-state index < -0.39 is 23.5 Å². The Hall–Kier alpha value is -6.62. The van der Waals surface area contributed by atoms with E-state index in [4.69, 9.17) is 0 Å². The Kier molecular flexibility index (Phi) is 9.56. The van der Waals surface area contributed by atoms with Crippen molar-refractivity contribution >= 4 is 51.2 Å². The molecule has 0 spiro atoms. The van der Waals surface area contributed by atoms with Crippen molar-refractivity contribution in [2.24, 2.45) is 0 Å². The Labute approximate surface area is 301 Å². The largest absolute Gasteiger partial charge is 0.416 e. The fourth-order valence-electron chi connectivity index (χ4n) is 6.04. The van der Waals surface area contributed by atoms with Crippen molar-refractivity contribution < 1.29 is 26.3 Å². The Balaban J connectivity index is 1.36. The number of hydrogen-bond donors (Lipinski definition) is 0. The zero-order valence-electron chi connectivity index (χ0n) is 27.7. The van der Waals surface area contributed by atoms with Gasteiger partial charge in [0.1, 0.15) is 0 Å². The molecule has 5 nitrogen and oxygen atoms in total. The van der Waals surface area contributed by atoms with Gasteiger partial charge in [-0.3, -0.25) is 9.97 Å². The van der Waals surface area contributed by atoms with Crippen molar-refractivity contribution in [3.05, 3.63) is 188 Å². The third kappa shape index (κ3) is 7.69. The molecule has 0 bridgehead atoms. The molecule has 0 fully saturated rings. The number of halogens is 6. The lowest BCUT2D eigenvalue weighted by Crippen LogP contribution is -2.16. The first-order valence-corrected chi connectivity index (χ1v) is 16.4. The lowest BCUT2D eigenvalue weighted by atomic mass is 10.1. The Morgan fingerprint density at radius 3 is 0.925 bits per heavy atom. The minimum absolute atomic E-state index is 0.130. The lowest BCUT2D eigenvalue weighted by Gasteiger charge is -2.30. The van der Waals surface area contributed by atoms with Crippen molar-refractivity contribution in [1.82, 2.24) is 9.97 Å². The summed E-state index contributed by atoms with van der Waals surface area (Å²) in [5.74, 6) is 0. The van der Waals surface area contributed by atoms with Gasteiger partial charge in [-0.2, -0.15) is 26.3 Å². The zero-order valence-corrected chi connectivity index (χ0v) is 27.7. The van der Waals surface area contributed by atoms with Gasteiger partial charge in [0.05, 0.1) is 34.9 Å². The van der Waals surface area contributed by atoms with Gasteiger partial charge >= 0.3 is 12.4 Å². The van der Waals surface area contributed by atoms with Crippen LogP contribution in [0, 0.1) is 0 Å². The molecule has 0 saturated heterocycles. The molecule has 0 radical (unpaired) electrons. The number of anilines is 9. The molecule has 0 amide bonds. The molecule has 2 heterocycles. The highest BCUT2D eigenvalue weighted by Gasteiger charge is 2.38. The lowest BCUT2D eigenvalue weighted by molar-refractivity contribution is -0.143. The van der Waals surface area contributed by atoms with Crippen molar-refractivity contribution in [3.63, 3.8) is 0 Å². The summed E-state index contributed by atoms with van der Waals surface area (Å²) in [6.45, 7) is 0. The second-order valence-electron chi connectivity index (χ2n) is 11.9. The fourth-order valence-corrected chi connectivity index (χ4v) is 6.04. The normalized spacial score (nSPS) is 11.6. The first kappa shape index (κ1) is 34.8. The number of alkyl halides is 6. The molecule has 0 atom stereocenters. The summed E-state index contributed by atoms with van der Waals surface area (Å²) in [6.07, 6.45) is -3.37. The molecule has 0 aliphatic rings. The van der Waals surface area contributed by atoms with Gasteiger partial charge in [0.25, 0.3) is 0 Å². The van der Waals surface area contributed by atoms with Crippen LogP contribution in [-0.2, 0) is 12.4 Å². The fraction of sp³-hybridized carbons (Fsp3) is 0.0476. The SMILES string of the molecule is FC(F)(F)c1cc(N(c2ccc(N(c3ccccc3)c3cccnc3)cc2)c2ccc(N(c3ccccc3)c3cccnc3)cc2)cc(C(F)(F)F)c1. The number of pyridine rings is 2. The molecule has 0 aliphatic heterocycles. The Morgan fingerprint density at radius 1 is 0.321 bits per heavy atom. The highest BCUT2D eigenvalue weighted by atomic mass is 19.4. The molecule has 7 rings (SSSR count). The molecular weight excluding hydrogens is 688 g/mol. The number of aromatic nitrogens is 2. The molecule has 5 aromatic carbocycles. The van der Waals surface area contributed by atoms with Crippen LogP contribution in [0.3, 0.4) is 0 Å². The summed E-state index contributed by atoms with van der Waals surface area (Å²) in [7, 11) is 0. The second kappa shape index (κ2) is 14.5. The Bertz CT molecular complexity index is 2010. The predicted molar refractivity (Wildman–Crippen MR) is 196 cm³/mol. The summed E-state index contributed by atoms with van der Waals surface area (Å²) in [5, 5.41) is 0. The molecule has 0 N–H and O–H groups in total. The first-order valence-electron chi connectivity index (χ1n) is 16.4. The summed E-state index contributed by atoms with van der Waals surface area (Å²) < 4.78 is 84.8. The van der Waals surface area contributed by atoms with Crippen LogP contribution in [0.4, 0.5) is 77.5 Å². The maximum absolute atomic E-state index is 14.1. The van der Waals surface area contributed by atoms with Crippen molar-refractivity contribution in [2.45, 2.75) is 12.4 Å². The van der Waals surface area contributed by atoms with Crippen LogP contribution in [0.1, 0.15) is 11.1 Å². The summed E-state index contributed by atoms with van der Waals surface area (Å²) >= 11 is 0. The Morgan fingerprint density at radius 2 is 0.623 bits per heavy atom. The molecule has 0 unspecified atom stereocenters. The molecule has 0 aliphatic carbocycles. The summed E-state index contributed by atoms with van der Waals surface area (Å²) in [5.41, 5.74) is 2.06. The van der Waals surface area contributed by atoms with Gasteiger partial charge in [-0.15, -0.1) is 0 Å². The van der Waals surface area contributed by atoms with E-state index in [-0.39, 0.29) is 11.8 Å². The predicted octanol–water partition coefficient (Wildman–Crippen LogP) is 12.9. The third-order valence-corrected chi connectivity index (χ3v) is 8.40. The highest BCUT2D eigenvalue weighted by molar-refractivity contribution is 5.83. The monoisotopic (exact) mass is 717 g/mol. The molecule has 264 valence electrons. The van der Waals surface area contributed by atoms with E-state index in [2.05, 4.69) is 9.97 Å². The summed E-state index contributed by atoms with van der Waals surface area (Å²) in [4.78, 5) is 13.8. The minimum Gasteiger partial charge on any atom is -0.310 e. The van der Waals surface area contributed by atoms with Gasteiger partial charge in [0.2, 0.25) is 0 Å². The van der Waals surface area contributed by atoms with Gasteiger partial charge < -0.3 is 14.7 Å². The van der Waals surface area contributed by atoms with E-state index >= 15 is 0 Å². The molecule has 53 heavy (non-hydrogen) atoms. The average molecular weight is 718 g/mol. The number of nitrogens with zero attached hydrogens (tertiary/aromatic N) is 5. The minimum atomic E-state index is -5.03. The number of benzene rings is 5. The maximum Gasteiger partial charge on any atom is 0.416 e. The summed E-state index contributed by atoms with van der Waals surface area (Å²) in [6, 6.07) is 41.6. The smallest absolute Gasteiger partial charge is 0.310 e. The van der Waals surface area contributed by atoms with Gasteiger partial charge in [-0.1, -0.05) is 36.4 Å². The standard InChI is InChI=1S/C42H29F6N5/c43-41(44,45)30-25-31(42(46,47)48)27-40(26-30)53(36-19-15-34(16-20-36)51(32-9-3-1-4-10-32)38-13-7-23-49-28-38)37-21-17-35(18-22-37)52(33-11-5-2-6-12-33)39-14-8-24-50-29-39/h1-29H. The van der Waals surface area contributed by atoms with Crippen LogP contribution < -0.4 is 14.7 Å². The van der Waals surface area contributed by atoms with Gasteiger partial charge in [0, 0.05) is 52.2 Å². The van der Waals surface area contributed by atoms with E-state index in [9.17, 15) is 26.3 Å². The maximum atomic E-state index is 14.1. The van der Waals surface area contributed by atoms with Crippen LogP contribution in [0.15, 0.2) is 176 Å². The number of rotatable bonds is 9. The zero-order chi connectivity index (χ0) is 37.0. The van der Waals surface area contributed by atoms with Crippen molar-refractivity contribution in [2.75, 3.05) is 14.7 Å². The van der Waals surface area contributed by atoms with Crippen LogP contribution >= 0.6 is 0 Å². The molecule has 2 aromatic heterocycles. The van der Waals surface area contributed by atoms with Crippen LogP contribution in [0.5, 0.6) is 0 Å². The van der Waals surface area contributed by atoms with E-state index in [0.717, 1.165) is 34.9 Å². The van der Waals surface area contributed by atoms with Gasteiger partial charge in [0.15, 0.2) is 0 Å². The van der Waals surface area contributed by atoms with E-state index in [1.165, 1.54) is 4.90 Å². The van der Waals surface area contributed by atoms with Gasteiger partial charge in [-0.25, -0.2) is 0 Å². The average Bonchev–Trinajstić information content (AvgIpc) is 3.17. The van der Waals surface area contributed by atoms with Crippen molar-refractivity contribution in [3.8, 4) is 0 Å². The third-order valence-electron chi connectivity index (χ3n) is 8.40. The molecular formula is C42H29F6N5. The molecule has 11 heteroatoms. The van der Waals surface area contributed by atoms with E-state index in [1.807, 2.05) is 82.6 Å². The van der Waals surface area contributed by atoms with Crippen LogP contribution in [-0.4, -0.2) is 9.97 Å². The quantitative estimate of drug-likeness (QED) is 0.139. The van der Waals surface area contributed by atoms with Crippen LogP contribution in [0.25, 0.3) is 0 Å². The first-order chi connectivity index (χ1) is 25.6. The molecule has 0 saturated carbocycles. The highest BCUT2D eigenvalue weighted by Crippen LogP contribution is 2.44.